The van der Waals surface area contributed by atoms with Crippen LogP contribution in [0.2, 0.25) is 0 Å². The summed E-state index contributed by atoms with van der Waals surface area (Å²) in [6.07, 6.45) is 5.49. The van der Waals surface area contributed by atoms with Crippen LogP contribution in [-0.2, 0) is 0 Å². The first-order valence-corrected chi connectivity index (χ1v) is 3.49. The molecule has 0 saturated carbocycles. The molecular formula is C9H16. The first kappa shape index (κ1) is 8.48. The van der Waals surface area contributed by atoms with Gasteiger partial charge in [-0.25, -0.2) is 0 Å². The predicted octanol–water partition coefficient (Wildman–Crippen LogP) is 3.31. The van der Waals surface area contributed by atoms with Gasteiger partial charge in [-0.1, -0.05) is 30.2 Å². The summed E-state index contributed by atoms with van der Waals surface area (Å²) in [5.41, 5.74) is 2.79. The second-order valence-corrected chi connectivity index (χ2v) is 2.49. The molecule has 0 unspecified atom stereocenters. The smallest absolute Gasteiger partial charge is 0.0376 e. The molecule has 0 aromatic rings. The van der Waals surface area contributed by atoms with Crippen molar-refractivity contribution in [2.24, 2.45) is 0 Å². The fraction of sp³-hybridized carbons (Fsp3) is 0.556. The van der Waals surface area contributed by atoms with Gasteiger partial charge < -0.3 is 0 Å². The fourth-order valence-electron chi connectivity index (χ4n) is 0.461. The Morgan fingerprint density at radius 1 is 1.22 bits per heavy atom. The van der Waals surface area contributed by atoms with E-state index in [1.54, 1.807) is 0 Å². The lowest BCUT2D eigenvalue weighted by atomic mass is 10.1. The zero-order chi connectivity index (χ0) is 7.28. The van der Waals surface area contributed by atoms with Crippen LogP contribution in [0.5, 0.6) is 0 Å². The average Bonchev–Trinajstić information content (AvgIpc) is 1.82. The molecule has 52 valence electrons. The molecule has 0 nitrogen and oxygen atoms in total. The zero-order valence-electron chi connectivity index (χ0n) is 6.86. The molecule has 0 saturated heterocycles. The summed E-state index contributed by atoms with van der Waals surface area (Å²) in [6, 6.07) is 0. The summed E-state index contributed by atoms with van der Waals surface area (Å²) in [5.74, 6) is 0. The number of allylic oxidation sites excluding steroid dienone is 4. The Balaban J connectivity index is 3.91. The van der Waals surface area contributed by atoms with E-state index in [0.717, 1.165) is 6.42 Å². The highest BCUT2D eigenvalue weighted by molar-refractivity contribution is 5.20. The highest BCUT2D eigenvalue weighted by Crippen LogP contribution is 2.02. The van der Waals surface area contributed by atoms with Crippen LogP contribution in [0.25, 0.3) is 0 Å². The zero-order valence-corrected chi connectivity index (χ0v) is 6.86. The highest BCUT2D eigenvalue weighted by atomic mass is 13.9. The molecule has 0 aromatic heterocycles. The molecule has 0 fully saturated rings. The van der Waals surface area contributed by atoms with Gasteiger partial charge in [0.15, 0.2) is 0 Å². The maximum absolute atomic E-state index is 2.18. The SMILES string of the molecule is CCC=CC(C)=C(C)C. The molecule has 0 atom stereocenters. The van der Waals surface area contributed by atoms with Crippen molar-refractivity contribution in [3.63, 3.8) is 0 Å². The summed E-state index contributed by atoms with van der Waals surface area (Å²) in [4.78, 5) is 0. The predicted molar refractivity (Wildman–Crippen MR) is 43.5 cm³/mol. The minimum Gasteiger partial charge on any atom is -0.0845 e. The van der Waals surface area contributed by atoms with Crippen molar-refractivity contribution < 1.29 is 0 Å². The molecule has 0 aliphatic rings. The first-order valence-electron chi connectivity index (χ1n) is 3.49. The van der Waals surface area contributed by atoms with Crippen LogP contribution in [0.1, 0.15) is 34.1 Å². The number of hydrogen-bond donors (Lipinski definition) is 0. The van der Waals surface area contributed by atoms with E-state index in [9.17, 15) is 0 Å². The lowest BCUT2D eigenvalue weighted by Gasteiger charge is -1.92. The van der Waals surface area contributed by atoms with E-state index in [2.05, 4.69) is 39.8 Å². The van der Waals surface area contributed by atoms with Gasteiger partial charge in [-0.05, 0) is 27.2 Å². The Bertz CT molecular complexity index is 123. The number of hydrogen-bond acceptors (Lipinski definition) is 0. The standard InChI is InChI=1S/C9H16/c1-5-6-7-9(4)8(2)3/h6-7H,5H2,1-4H3. The normalized spacial score (nSPS) is 10.2. The molecule has 9 heavy (non-hydrogen) atoms. The van der Waals surface area contributed by atoms with Gasteiger partial charge in [-0.15, -0.1) is 0 Å². The molecule has 0 aliphatic heterocycles. The van der Waals surface area contributed by atoms with Crippen LogP contribution >= 0.6 is 0 Å². The lowest BCUT2D eigenvalue weighted by molar-refractivity contribution is 1.20. The third-order valence-corrected chi connectivity index (χ3v) is 1.39. The van der Waals surface area contributed by atoms with Crippen LogP contribution in [0, 0.1) is 0 Å². The van der Waals surface area contributed by atoms with E-state index < -0.39 is 0 Å². The average molecular weight is 124 g/mol. The Hall–Kier alpha value is -0.520. The Morgan fingerprint density at radius 3 is 2.11 bits per heavy atom. The maximum atomic E-state index is 2.18. The summed E-state index contributed by atoms with van der Waals surface area (Å²) in [6.45, 7) is 8.56. The summed E-state index contributed by atoms with van der Waals surface area (Å²) >= 11 is 0. The quantitative estimate of drug-likeness (QED) is 0.495. The molecule has 0 radical (unpaired) electrons. The molecule has 0 aliphatic carbocycles. The fourth-order valence-corrected chi connectivity index (χ4v) is 0.461. The first-order chi connectivity index (χ1) is 4.18. The van der Waals surface area contributed by atoms with Crippen molar-refractivity contribution in [3.8, 4) is 0 Å². The van der Waals surface area contributed by atoms with Crippen LogP contribution in [0.3, 0.4) is 0 Å². The van der Waals surface area contributed by atoms with E-state index in [4.69, 9.17) is 0 Å². The summed E-state index contributed by atoms with van der Waals surface area (Å²) in [7, 11) is 0. The van der Waals surface area contributed by atoms with Gasteiger partial charge in [0.2, 0.25) is 0 Å². The Labute approximate surface area is 58.3 Å². The molecule has 0 heteroatoms. The van der Waals surface area contributed by atoms with E-state index in [-0.39, 0.29) is 0 Å². The Kier molecular flexibility index (Phi) is 4.12. The molecule has 0 aromatic carbocycles. The highest BCUT2D eigenvalue weighted by Gasteiger charge is 1.81. The van der Waals surface area contributed by atoms with Gasteiger partial charge in [-0.3, -0.25) is 0 Å². The van der Waals surface area contributed by atoms with Crippen molar-refractivity contribution in [2.45, 2.75) is 34.1 Å². The summed E-state index contributed by atoms with van der Waals surface area (Å²) < 4.78 is 0. The van der Waals surface area contributed by atoms with Crippen molar-refractivity contribution in [2.75, 3.05) is 0 Å². The molecule has 0 N–H and O–H groups in total. The van der Waals surface area contributed by atoms with Crippen LogP contribution in [0.15, 0.2) is 23.3 Å². The molecule has 0 rings (SSSR count). The van der Waals surface area contributed by atoms with Gasteiger partial charge in [0.25, 0.3) is 0 Å². The molecule has 0 heterocycles. The monoisotopic (exact) mass is 124 g/mol. The van der Waals surface area contributed by atoms with Crippen molar-refractivity contribution in [1.29, 1.82) is 0 Å². The second-order valence-electron chi connectivity index (χ2n) is 2.49. The molecule has 0 spiro atoms. The van der Waals surface area contributed by atoms with Gasteiger partial charge in [0.1, 0.15) is 0 Å². The van der Waals surface area contributed by atoms with Crippen molar-refractivity contribution in [3.05, 3.63) is 23.3 Å². The summed E-state index contributed by atoms with van der Waals surface area (Å²) in [5, 5.41) is 0. The van der Waals surface area contributed by atoms with E-state index >= 15 is 0 Å². The maximum Gasteiger partial charge on any atom is -0.0376 e. The minimum atomic E-state index is 1.13. The van der Waals surface area contributed by atoms with E-state index in [1.165, 1.54) is 11.1 Å². The van der Waals surface area contributed by atoms with Gasteiger partial charge in [0, 0.05) is 0 Å². The Morgan fingerprint density at radius 2 is 1.78 bits per heavy atom. The lowest BCUT2D eigenvalue weighted by Crippen LogP contribution is -1.71. The molecule has 0 amide bonds. The topological polar surface area (TPSA) is 0 Å². The third-order valence-electron chi connectivity index (χ3n) is 1.39. The van der Waals surface area contributed by atoms with Gasteiger partial charge >= 0.3 is 0 Å². The van der Waals surface area contributed by atoms with Gasteiger partial charge in [0.05, 0.1) is 0 Å². The second kappa shape index (κ2) is 4.37. The van der Waals surface area contributed by atoms with Crippen LogP contribution in [-0.4, -0.2) is 0 Å². The van der Waals surface area contributed by atoms with Gasteiger partial charge in [-0.2, -0.15) is 0 Å². The van der Waals surface area contributed by atoms with E-state index in [0.29, 0.717) is 0 Å². The molecule has 0 bridgehead atoms. The van der Waals surface area contributed by atoms with Crippen LogP contribution in [0.4, 0.5) is 0 Å². The van der Waals surface area contributed by atoms with Crippen LogP contribution < -0.4 is 0 Å². The number of rotatable bonds is 2. The van der Waals surface area contributed by atoms with Crippen molar-refractivity contribution >= 4 is 0 Å². The van der Waals surface area contributed by atoms with E-state index in [1.807, 2.05) is 0 Å². The minimum absolute atomic E-state index is 1.13. The third kappa shape index (κ3) is 4.01. The van der Waals surface area contributed by atoms with Crippen molar-refractivity contribution in [1.82, 2.24) is 0 Å². The molecular weight excluding hydrogens is 108 g/mol. The largest absolute Gasteiger partial charge is 0.0845 e.